The van der Waals surface area contributed by atoms with Gasteiger partial charge in [-0.2, -0.15) is 4.31 Å². The molecule has 2 rings (SSSR count). The molecule has 0 radical (unpaired) electrons. The van der Waals surface area contributed by atoms with E-state index in [0.29, 0.717) is 13.0 Å². The van der Waals surface area contributed by atoms with Crippen molar-refractivity contribution in [3.8, 4) is 0 Å². The van der Waals surface area contributed by atoms with Gasteiger partial charge in [-0.1, -0.05) is 18.0 Å². The molecule has 1 aromatic rings. The number of benzene rings is 1. The van der Waals surface area contributed by atoms with Gasteiger partial charge in [0.15, 0.2) is 0 Å². The quantitative estimate of drug-likeness (QED) is 0.785. The second-order valence-electron chi connectivity index (χ2n) is 5.71. The summed E-state index contributed by atoms with van der Waals surface area (Å²) in [4.78, 5) is 11.4. The van der Waals surface area contributed by atoms with Crippen LogP contribution in [0.2, 0.25) is 5.02 Å². The molecule has 0 saturated carbocycles. The third kappa shape index (κ3) is 4.66. The van der Waals surface area contributed by atoms with Crippen molar-refractivity contribution in [3.63, 3.8) is 0 Å². The second kappa shape index (κ2) is 8.24. The molecule has 0 spiro atoms. The monoisotopic (exact) mass is 377 g/mol. The average molecular weight is 378 g/mol. The Balaban J connectivity index is 2.20. The summed E-state index contributed by atoms with van der Waals surface area (Å²) in [6.07, 6.45) is 2.41. The Kier molecular flexibility index (Phi) is 6.56. The standard InChI is InChI=1S/C15H21ClFN3O3S/c16-11-7-12(17)9-14(8-11)24(22,23)20-6-2-1-3-13(20)10-19-15(21)4-5-18/h7-9,13H,1-6,10,18H2,(H,19,21). The van der Waals surface area contributed by atoms with Crippen LogP contribution in [0, 0.1) is 5.82 Å². The highest BCUT2D eigenvalue weighted by molar-refractivity contribution is 7.89. The minimum atomic E-state index is -3.88. The van der Waals surface area contributed by atoms with Gasteiger partial charge in [0.2, 0.25) is 15.9 Å². The molecule has 3 N–H and O–H groups in total. The number of rotatable bonds is 6. The maximum Gasteiger partial charge on any atom is 0.243 e. The molecule has 0 aromatic heterocycles. The molecular formula is C15H21ClFN3O3S. The molecule has 1 aliphatic rings. The van der Waals surface area contributed by atoms with E-state index in [4.69, 9.17) is 17.3 Å². The van der Waals surface area contributed by atoms with Gasteiger partial charge in [0.1, 0.15) is 5.82 Å². The number of amides is 1. The van der Waals surface area contributed by atoms with Crippen LogP contribution < -0.4 is 11.1 Å². The third-order valence-corrected chi connectivity index (χ3v) is 6.07. The number of sulfonamides is 1. The molecule has 1 fully saturated rings. The molecule has 1 unspecified atom stereocenters. The highest BCUT2D eigenvalue weighted by Gasteiger charge is 2.34. The van der Waals surface area contributed by atoms with E-state index < -0.39 is 15.8 Å². The number of nitrogens with two attached hydrogens (primary N) is 1. The van der Waals surface area contributed by atoms with Crippen molar-refractivity contribution in [3.05, 3.63) is 29.0 Å². The summed E-state index contributed by atoms with van der Waals surface area (Å²) in [5.74, 6) is -0.917. The molecule has 134 valence electrons. The zero-order valence-electron chi connectivity index (χ0n) is 13.2. The summed E-state index contributed by atoms with van der Waals surface area (Å²) in [6.45, 7) is 0.773. The van der Waals surface area contributed by atoms with Gasteiger partial charge in [-0.25, -0.2) is 12.8 Å². The van der Waals surface area contributed by atoms with Gasteiger partial charge in [-0.3, -0.25) is 4.79 Å². The van der Waals surface area contributed by atoms with Crippen molar-refractivity contribution in [2.75, 3.05) is 19.6 Å². The summed E-state index contributed by atoms with van der Waals surface area (Å²) < 4.78 is 40.5. The Morgan fingerprint density at radius 1 is 1.38 bits per heavy atom. The first kappa shape index (κ1) is 19.1. The summed E-state index contributed by atoms with van der Waals surface area (Å²) in [7, 11) is -3.88. The highest BCUT2D eigenvalue weighted by atomic mass is 35.5. The largest absolute Gasteiger partial charge is 0.354 e. The number of hydrogen-bond donors (Lipinski definition) is 2. The van der Waals surface area contributed by atoms with E-state index in [2.05, 4.69) is 5.32 Å². The molecular weight excluding hydrogens is 357 g/mol. The van der Waals surface area contributed by atoms with Crippen LogP contribution in [-0.2, 0) is 14.8 Å². The number of nitrogens with one attached hydrogen (secondary N) is 1. The Labute approximate surface area is 146 Å². The smallest absolute Gasteiger partial charge is 0.243 e. The van der Waals surface area contributed by atoms with Crippen LogP contribution in [-0.4, -0.2) is 44.3 Å². The van der Waals surface area contributed by atoms with E-state index in [1.807, 2.05) is 0 Å². The van der Waals surface area contributed by atoms with Gasteiger partial charge < -0.3 is 11.1 Å². The Hall–Kier alpha value is -1.22. The van der Waals surface area contributed by atoms with E-state index >= 15 is 0 Å². The number of hydrogen-bond acceptors (Lipinski definition) is 4. The summed E-state index contributed by atoms with van der Waals surface area (Å²) in [6, 6.07) is 2.88. The Bertz CT molecular complexity index is 679. The first-order valence-corrected chi connectivity index (χ1v) is 9.61. The van der Waals surface area contributed by atoms with E-state index in [-0.39, 0.29) is 41.4 Å². The zero-order valence-corrected chi connectivity index (χ0v) is 14.7. The highest BCUT2D eigenvalue weighted by Crippen LogP contribution is 2.27. The number of carbonyl (C=O) groups excluding carboxylic acids is 1. The second-order valence-corrected chi connectivity index (χ2v) is 8.04. The van der Waals surface area contributed by atoms with Crippen LogP contribution in [0.1, 0.15) is 25.7 Å². The van der Waals surface area contributed by atoms with Crippen LogP contribution in [0.25, 0.3) is 0 Å². The van der Waals surface area contributed by atoms with Gasteiger partial charge in [0.25, 0.3) is 0 Å². The molecule has 0 bridgehead atoms. The lowest BCUT2D eigenvalue weighted by molar-refractivity contribution is -0.121. The van der Waals surface area contributed by atoms with E-state index in [1.165, 1.54) is 10.4 Å². The predicted octanol–water partition coefficient (Wildman–Crippen LogP) is 1.49. The van der Waals surface area contributed by atoms with E-state index in [0.717, 1.165) is 25.0 Å². The van der Waals surface area contributed by atoms with Gasteiger partial charge in [0, 0.05) is 37.1 Å². The number of piperidine rings is 1. The predicted molar refractivity (Wildman–Crippen MR) is 89.6 cm³/mol. The third-order valence-electron chi connectivity index (χ3n) is 3.92. The van der Waals surface area contributed by atoms with Gasteiger partial charge in [-0.05, 0) is 31.0 Å². The summed E-state index contributed by atoms with van der Waals surface area (Å²) in [5, 5.41) is 2.73. The molecule has 1 atom stereocenters. The minimum Gasteiger partial charge on any atom is -0.354 e. The lowest BCUT2D eigenvalue weighted by Gasteiger charge is -2.34. The van der Waals surface area contributed by atoms with Crippen molar-refractivity contribution in [2.45, 2.75) is 36.6 Å². The van der Waals surface area contributed by atoms with E-state index in [9.17, 15) is 17.6 Å². The Morgan fingerprint density at radius 2 is 2.12 bits per heavy atom. The van der Waals surface area contributed by atoms with Crippen molar-refractivity contribution >= 4 is 27.5 Å². The normalized spacial score (nSPS) is 19.2. The van der Waals surface area contributed by atoms with E-state index in [1.54, 1.807) is 0 Å². The van der Waals surface area contributed by atoms with Crippen LogP contribution >= 0.6 is 11.6 Å². The molecule has 1 saturated heterocycles. The van der Waals surface area contributed by atoms with Gasteiger partial charge in [-0.15, -0.1) is 0 Å². The lowest BCUT2D eigenvalue weighted by atomic mass is 10.1. The first-order chi connectivity index (χ1) is 11.3. The fourth-order valence-corrected chi connectivity index (χ4v) is 4.80. The van der Waals surface area contributed by atoms with Crippen molar-refractivity contribution in [1.29, 1.82) is 0 Å². The van der Waals surface area contributed by atoms with Crippen molar-refractivity contribution in [2.24, 2.45) is 5.73 Å². The van der Waals surface area contributed by atoms with Gasteiger partial charge in [0.05, 0.1) is 4.90 Å². The van der Waals surface area contributed by atoms with Crippen LogP contribution in [0.3, 0.4) is 0 Å². The van der Waals surface area contributed by atoms with Crippen LogP contribution in [0.15, 0.2) is 23.1 Å². The molecule has 0 aliphatic carbocycles. The first-order valence-electron chi connectivity index (χ1n) is 7.79. The van der Waals surface area contributed by atoms with Crippen molar-refractivity contribution < 1.29 is 17.6 Å². The Morgan fingerprint density at radius 3 is 2.79 bits per heavy atom. The molecule has 6 nitrogen and oxygen atoms in total. The fraction of sp³-hybridized carbons (Fsp3) is 0.533. The maximum absolute atomic E-state index is 13.5. The maximum atomic E-state index is 13.5. The minimum absolute atomic E-state index is 0.0263. The lowest BCUT2D eigenvalue weighted by Crippen LogP contribution is -2.49. The topological polar surface area (TPSA) is 92.5 Å². The fourth-order valence-electron chi connectivity index (χ4n) is 2.76. The molecule has 9 heteroatoms. The average Bonchev–Trinajstić information content (AvgIpc) is 2.52. The zero-order chi connectivity index (χ0) is 17.7. The molecule has 1 heterocycles. The number of carbonyl (C=O) groups is 1. The van der Waals surface area contributed by atoms with Crippen LogP contribution in [0.4, 0.5) is 4.39 Å². The summed E-state index contributed by atoms with van der Waals surface area (Å²) in [5.41, 5.74) is 5.32. The molecule has 24 heavy (non-hydrogen) atoms. The van der Waals surface area contributed by atoms with Crippen molar-refractivity contribution in [1.82, 2.24) is 9.62 Å². The SMILES string of the molecule is NCCC(=O)NCC1CCCCN1S(=O)(=O)c1cc(F)cc(Cl)c1. The molecule has 1 aromatic carbocycles. The molecule has 1 amide bonds. The van der Waals surface area contributed by atoms with Crippen LogP contribution in [0.5, 0.6) is 0 Å². The number of nitrogens with zero attached hydrogens (tertiary/aromatic N) is 1. The summed E-state index contributed by atoms with van der Waals surface area (Å²) >= 11 is 5.78. The number of halogens is 2. The van der Waals surface area contributed by atoms with Gasteiger partial charge >= 0.3 is 0 Å². The molecule has 1 aliphatic heterocycles.